The van der Waals surface area contributed by atoms with Gasteiger partial charge in [-0.05, 0) is 24.1 Å². The second-order valence-corrected chi connectivity index (χ2v) is 7.77. The number of benzene rings is 1. The lowest BCUT2D eigenvalue weighted by Crippen LogP contribution is -2.44. The van der Waals surface area contributed by atoms with Crippen LogP contribution < -0.4 is 10.5 Å². The monoisotopic (exact) mass is 308 g/mol. The van der Waals surface area contributed by atoms with Crippen molar-refractivity contribution in [3.63, 3.8) is 0 Å². The first-order valence-electron chi connectivity index (χ1n) is 7.96. The third-order valence-electron chi connectivity index (χ3n) is 3.83. The first-order chi connectivity index (χ1) is 10.1. The second-order valence-electron chi connectivity index (χ2n) is 5.88. The summed E-state index contributed by atoms with van der Waals surface area (Å²) in [5, 5.41) is 1.34. The Kier molecular flexibility index (Phi) is 6.40. The summed E-state index contributed by atoms with van der Waals surface area (Å²) in [6.07, 6.45) is 1.03. The molecule has 0 bridgehead atoms. The second kappa shape index (κ2) is 8.06. The molecule has 1 aromatic rings. The average molecular weight is 308 g/mol. The number of nitrogens with zero attached hydrogens (tertiary/aromatic N) is 1. The average Bonchev–Trinajstić information content (AvgIpc) is 2.45. The highest BCUT2D eigenvalue weighted by atomic mass is 32.2. The summed E-state index contributed by atoms with van der Waals surface area (Å²) in [5.41, 5.74) is 7.36. The molecule has 1 saturated heterocycles. The maximum Gasteiger partial charge on any atom is 0.119 e. The van der Waals surface area contributed by atoms with E-state index in [4.69, 9.17) is 10.5 Å². The van der Waals surface area contributed by atoms with Crippen molar-refractivity contribution in [1.82, 2.24) is 4.90 Å². The quantitative estimate of drug-likeness (QED) is 0.875. The van der Waals surface area contributed by atoms with Gasteiger partial charge in [-0.1, -0.05) is 32.9 Å². The zero-order valence-electron chi connectivity index (χ0n) is 13.4. The summed E-state index contributed by atoms with van der Waals surface area (Å²) in [5.74, 6) is 0.959. The molecule has 0 radical (unpaired) electrons. The van der Waals surface area contributed by atoms with E-state index in [2.05, 4.69) is 55.6 Å². The molecule has 1 heterocycles. The minimum Gasteiger partial charge on any atom is -0.494 e. The minimum absolute atomic E-state index is 0.293. The van der Waals surface area contributed by atoms with Gasteiger partial charge in [0, 0.05) is 36.2 Å². The Morgan fingerprint density at radius 2 is 2.05 bits per heavy atom. The van der Waals surface area contributed by atoms with Gasteiger partial charge in [-0.2, -0.15) is 11.8 Å². The summed E-state index contributed by atoms with van der Waals surface area (Å²) in [4.78, 5) is 2.53. The van der Waals surface area contributed by atoms with E-state index < -0.39 is 0 Å². The van der Waals surface area contributed by atoms with Gasteiger partial charge >= 0.3 is 0 Å². The van der Waals surface area contributed by atoms with Gasteiger partial charge in [0.15, 0.2) is 0 Å². The topological polar surface area (TPSA) is 38.5 Å². The van der Waals surface area contributed by atoms with Gasteiger partial charge in [-0.3, -0.25) is 4.90 Å². The van der Waals surface area contributed by atoms with Crippen molar-refractivity contribution in [2.24, 2.45) is 5.73 Å². The van der Waals surface area contributed by atoms with Crippen LogP contribution in [0.25, 0.3) is 0 Å². The lowest BCUT2D eigenvalue weighted by molar-refractivity contribution is 0.199. The van der Waals surface area contributed by atoms with Crippen LogP contribution in [0.15, 0.2) is 24.3 Å². The van der Waals surface area contributed by atoms with Gasteiger partial charge in [0.2, 0.25) is 0 Å². The molecule has 2 N–H and O–H groups in total. The molecule has 1 fully saturated rings. The molecular weight excluding hydrogens is 280 g/mol. The van der Waals surface area contributed by atoms with Gasteiger partial charge < -0.3 is 10.5 Å². The van der Waals surface area contributed by atoms with Gasteiger partial charge in [0.05, 0.1) is 6.61 Å². The standard InChI is InChI=1S/C17H28N2OS/c1-4-8-20-16-7-5-6-15(9-16)17(10-18)19-11-13(2)21-14(3)12-19/h5-7,9,13-14,17H,4,8,10-12,18H2,1-3H3. The number of thioether (sulfide) groups is 1. The lowest BCUT2D eigenvalue weighted by atomic mass is 10.0. The normalized spacial score (nSPS) is 24.8. The Hall–Kier alpha value is -0.710. The largest absolute Gasteiger partial charge is 0.494 e. The Morgan fingerprint density at radius 1 is 1.33 bits per heavy atom. The highest BCUT2D eigenvalue weighted by Gasteiger charge is 2.28. The highest BCUT2D eigenvalue weighted by molar-refractivity contribution is 8.00. The van der Waals surface area contributed by atoms with Crippen LogP contribution in [-0.2, 0) is 0 Å². The molecule has 3 unspecified atom stereocenters. The molecule has 1 aromatic carbocycles. The Morgan fingerprint density at radius 3 is 2.67 bits per heavy atom. The van der Waals surface area contributed by atoms with Gasteiger partial charge in [-0.15, -0.1) is 0 Å². The Labute approximate surface area is 133 Å². The van der Waals surface area contributed by atoms with Crippen molar-refractivity contribution in [3.8, 4) is 5.75 Å². The molecule has 118 valence electrons. The van der Waals surface area contributed by atoms with Crippen LogP contribution in [0.4, 0.5) is 0 Å². The van der Waals surface area contributed by atoms with Crippen LogP contribution in [-0.4, -0.2) is 41.6 Å². The van der Waals surface area contributed by atoms with Crippen molar-refractivity contribution in [1.29, 1.82) is 0 Å². The van der Waals surface area contributed by atoms with Crippen LogP contribution in [0, 0.1) is 0 Å². The molecule has 1 aliphatic heterocycles. The summed E-state index contributed by atoms with van der Waals surface area (Å²) in [6, 6.07) is 8.73. The van der Waals surface area contributed by atoms with Crippen LogP contribution in [0.2, 0.25) is 0 Å². The lowest BCUT2D eigenvalue weighted by Gasteiger charge is -2.39. The van der Waals surface area contributed by atoms with Crippen molar-refractivity contribution in [2.45, 2.75) is 43.7 Å². The third-order valence-corrected chi connectivity index (χ3v) is 5.05. The first-order valence-corrected chi connectivity index (χ1v) is 8.90. The molecule has 0 amide bonds. The van der Waals surface area contributed by atoms with E-state index in [1.54, 1.807) is 0 Å². The van der Waals surface area contributed by atoms with Crippen LogP contribution in [0.5, 0.6) is 5.75 Å². The van der Waals surface area contributed by atoms with Crippen molar-refractivity contribution >= 4 is 11.8 Å². The molecule has 1 aliphatic rings. The summed E-state index contributed by atoms with van der Waals surface area (Å²) in [6.45, 7) is 10.4. The van der Waals surface area contributed by atoms with E-state index in [9.17, 15) is 0 Å². The number of rotatable bonds is 6. The molecule has 21 heavy (non-hydrogen) atoms. The molecule has 0 spiro atoms. The number of nitrogens with two attached hydrogens (primary N) is 1. The van der Waals surface area contributed by atoms with E-state index in [1.807, 2.05) is 6.07 Å². The van der Waals surface area contributed by atoms with E-state index in [1.165, 1.54) is 5.56 Å². The molecule has 3 nitrogen and oxygen atoms in total. The molecular formula is C17H28N2OS. The van der Waals surface area contributed by atoms with Crippen LogP contribution >= 0.6 is 11.8 Å². The predicted octanol–water partition coefficient (Wildman–Crippen LogP) is 3.30. The van der Waals surface area contributed by atoms with Crippen molar-refractivity contribution in [2.75, 3.05) is 26.2 Å². The third kappa shape index (κ3) is 4.63. The number of hydrogen-bond acceptors (Lipinski definition) is 4. The van der Waals surface area contributed by atoms with E-state index >= 15 is 0 Å². The molecule has 0 aliphatic carbocycles. The minimum atomic E-state index is 0.293. The van der Waals surface area contributed by atoms with E-state index in [0.29, 0.717) is 23.1 Å². The summed E-state index contributed by atoms with van der Waals surface area (Å²) < 4.78 is 5.76. The zero-order valence-corrected chi connectivity index (χ0v) is 14.2. The first kappa shape index (κ1) is 16.7. The van der Waals surface area contributed by atoms with Gasteiger partial charge in [-0.25, -0.2) is 0 Å². The summed E-state index contributed by atoms with van der Waals surface area (Å²) >= 11 is 2.08. The van der Waals surface area contributed by atoms with E-state index in [-0.39, 0.29) is 0 Å². The summed E-state index contributed by atoms with van der Waals surface area (Å²) in [7, 11) is 0. The fourth-order valence-corrected chi connectivity index (χ4v) is 4.35. The number of hydrogen-bond donors (Lipinski definition) is 1. The molecule has 0 aromatic heterocycles. The molecule has 0 saturated carbocycles. The highest BCUT2D eigenvalue weighted by Crippen LogP contribution is 2.31. The molecule has 2 rings (SSSR count). The van der Waals surface area contributed by atoms with Crippen molar-refractivity contribution in [3.05, 3.63) is 29.8 Å². The maximum absolute atomic E-state index is 6.09. The van der Waals surface area contributed by atoms with E-state index in [0.717, 1.165) is 31.9 Å². The smallest absolute Gasteiger partial charge is 0.119 e. The SMILES string of the molecule is CCCOc1cccc(C(CN)N2CC(C)SC(C)C2)c1. The Balaban J connectivity index is 2.12. The molecule has 3 atom stereocenters. The van der Waals surface area contributed by atoms with Gasteiger partial charge in [0.25, 0.3) is 0 Å². The predicted molar refractivity (Wildman–Crippen MR) is 92.1 cm³/mol. The molecule has 4 heteroatoms. The zero-order chi connectivity index (χ0) is 15.2. The van der Waals surface area contributed by atoms with Crippen LogP contribution in [0.3, 0.4) is 0 Å². The van der Waals surface area contributed by atoms with Gasteiger partial charge in [0.1, 0.15) is 5.75 Å². The van der Waals surface area contributed by atoms with Crippen molar-refractivity contribution < 1.29 is 4.74 Å². The fourth-order valence-electron chi connectivity index (χ4n) is 3.00. The van der Waals surface area contributed by atoms with Crippen LogP contribution in [0.1, 0.15) is 38.8 Å². The fraction of sp³-hybridized carbons (Fsp3) is 0.647. The Bertz CT molecular complexity index is 431. The number of ether oxygens (including phenoxy) is 1. The maximum atomic E-state index is 6.09.